The molecule has 0 unspecified atom stereocenters. The highest BCUT2D eigenvalue weighted by Crippen LogP contribution is 2.30. The van der Waals surface area contributed by atoms with E-state index in [1.807, 2.05) is 29.8 Å². The van der Waals surface area contributed by atoms with Crippen LogP contribution in [0, 0.1) is 17.0 Å². The van der Waals surface area contributed by atoms with Crippen LogP contribution in [-0.4, -0.2) is 55.8 Å². The molecule has 0 aliphatic carbocycles. The first kappa shape index (κ1) is 25.0. The molecule has 2 amide bonds. The number of imidazole rings is 1. The minimum absolute atomic E-state index is 0.0166. The molecule has 3 aromatic rings. The van der Waals surface area contributed by atoms with E-state index in [1.54, 1.807) is 29.6 Å². The monoisotopic (exact) mass is 490 g/mol. The number of likely N-dealkylation sites (tertiary alicyclic amines) is 1. The summed E-state index contributed by atoms with van der Waals surface area (Å²) in [6.07, 6.45) is 7.71. The third kappa shape index (κ3) is 6.32. The van der Waals surface area contributed by atoms with Crippen LogP contribution in [0.15, 0.2) is 55.1 Å². The number of pyridine rings is 1. The van der Waals surface area contributed by atoms with Gasteiger partial charge in [-0.15, -0.1) is 0 Å². The summed E-state index contributed by atoms with van der Waals surface area (Å²) in [5, 5.41) is 14.0. The number of hydrogen-bond donors (Lipinski definition) is 1. The van der Waals surface area contributed by atoms with Crippen LogP contribution in [-0.2, 0) is 17.8 Å². The van der Waals surface area contributed by atoms with Crippen LogP contribution in [0.1, 0.15) is 52.5 Å². The van der Waals surface area contributed by atoms with Gasteiger partial charge in [0.1, 0.15) is 0 Å². The van der Waals surface area contributed by atoms with Gasteiger partial charge in [0.2, 0.25) is 5.91 Å². The first-order chi connectivity index (χ1) is 17.4. The maximum atomic E-state index is 12.9. The van der Waals surface area contributed by atoms with Gasteiger partial charge < -0.3 is 14.8 Å². The zero-order valence-corrected chi connectivity index (χ0v) is 20.3. The molecule has 3 heterocycles. The molecule has 4 rings (SSSR count). The quantitative estimate of drug-likeness (QED) is 0.279. The van der Waals surface area contributed by atoms with Gasteiger partial charge in [-0.25, -0.2) is 4.98 Å². The number of rotatable bonds is 9. The number of benzene rings is 1. The topological polar surface area (TPSA) is 123 Å². The van der Waals surface area contributed by atoms with Crippen LogP contribution in [0.3, 0.4) is 0 Å². The van der Waals surface area contributed by atoms with Crippen molar-refractivity contribution in [2.24, 2.45) is 0 Å². The number of aryl methyl sites for hydroxylation is 2. The van der Waals surface area contributed by atoms with Crippen LogP contribution in [0.4, 0.5) is 5.69 Å². The minimum Gasteiger partial charge on any atom is -0.352 e. The van der Waals surface area contributed by atoms with Gasteiger partial charge in [0.15, 0.2) is 0 Å². The van der Waals surface area contributed by atoms with Crippen molar-refractivity contribution in [3.05, 3.63) is 87.7 Å². The van der Waals surface area contributed by atoms with Crippen LogP contribution in [0.5, 0.6) is 0 Å². The fourth-order valence-corrected chi connectivity index (χ4v) is 4.53. The van der Waals surface area contributed by atoms with E-state index in [4.69, 9.17) is 4.98 Å². The first-order valence-electron chi connectivity index (χ1n) is 12.1. The number of nitrogens with one attached hydrogen (secondary N) is 1. The molecule has 1 aromatic carbocycles. The van der Waals surface area contributed by atoms with E-state index in [1.165, 1.54) is 12.1 Å². The van der Waals surface area contributed by atoms with Gasteiger partial charge in [-0.05, 0) is 43.9 Å². The molecule has 2 aromatic heterocycles. The van der Waals surface area contributed by atoms with Crippen molar-refractivity contribution in [2.45, 2.75) is 45.1 Å². The highest BCUT2D eigenvalue weighted by molar-refractivity contribution is 5.95. The molecule has 0 spiro atoms. The fourth-order valence-electron chi connectivity index (χ4n) is 4.53. The Kier molecular flexibility index (Phi) is 8.04. The molecule has 0 bridgehead atoms. The number of nitro benzene ring substituents is 1. The van der Waals surface area contributed by atoms with E-state index >= 15 is 0 Å². The molecular formula is C26H30N6O4. The van der Waals surface area contributed by atoms with Crippen molar-refractivity contribution in [3.63, 3.8) is 0 Å². The number of carbonyl (C=O) groups is 2. The second-order valence-electron chi connectivity index (χ2n) is 9.05. The van der Waals surface area contributed by atoms with E-state index in [2.05, 4.69) is 10.3 Å². The van der Waals surface area contributed by atoms with Crippen LogP contribution < -0.4 is 5.32 Å². The lowest BCUT2D eigenvalue weighted by Gasteiger charge is -2.32. The predicted molar refractivity (Wildman–Crippen MR) is 134 cm³/mol. The smallest absolute Gasteiger partial charge is 0.269 e. The Hall–Kier alpha value is -4.08. The van der Waals surface area contributed by atoms with E-state index in [0.29, 0.717) is 43.6 Å². The SMILES string of the molecule is Cc1ccc(C(=O)NCCCn2ccnc2)c(C2CCN(C(=O)Cc3cccc([N+](=O)[O-])c3)CC2)n1. The van der Waals surface area contributed by atoms with E-state index in [9.17, 15) is 19.7 Å². The van der Waals surface area contributed by atoms with Gasteiger partial charge >= 0.3 is 0 Å². The number of carbonyl (C=O) groups excluding carboxylic acids is 2. The number of nitrogens with zero attached hydrogens (tertiary/aromatic N) is 5. The number of amides is 2. The molecule has 10 nitrogen and oxygen atoms in total. The standard InChI is InChI=1S/C26H30N6O4/c1-19-6-7-23(26(34)28-10-3-12-30-15-11-27-18-30)25(29-19)21-8-13-31(14-9-21)24(33)17-20-4-2-5-22(16-20)32(35)36/h2,4-7,11,15-16,18,21H,3,8-10,12-14,17H2,1H3,(H,28,34). The third-order valence-electron chi connectivity index (χ3n) is 6.46. The Bertz CT molecular complexity index is 1220. The van der Waals surface area contributed by atoms with E-state index in [0.717, 1.165) is 24.4 Å². The Morgan fingerprint density at radius 3 is 2.72 bits per heavy atom. The first-order valence-corrected chi connectivity index (χ1v) is 12.1. The summed E-state index contributed by atoms with van der Waals surface area (Å²) in [6, 6.07) is 9.88. The summed E-state index contributed by atoms with van der Waals surface area (Å²) in [6.45, 7) is 4.35. The Labute approximate surface area is 209 Å². The number of nitro groups is 1. The molecule has 1 saturated heterocycles. The number of non-ortho nitro benzene ring substituents is 1. The summed E-state index contributed by atoms with van der Waals surface area (Å²) in [5.41, 5.74) is 2.84. The minimum atomic E-state index is -0.457. The average Bonchev–Trinajstić information content (AvgIpc) is 3.40. The molecule has 1 aliphatic rings. The van der Waals surface area contributed by atoms with Crippen molar-refractivity contribution < 1.29 is 14.5 Å². The summed E-state index contributed by atoms with van der Waals surface area (Å²) in [4.78, 5) is 46.8. The highest BCUT2D eigenvalue weighted by Gasteiger charge is 2.28. The van der Waals surface area contributed by atoms with Gasteiger partial charge in [-0.2, -0.15) is 0 Å². The van der Waals surface area contributed by atoms with E-state index < -0.39 is 4.92 Å². The lowest BCUT2D eigenvalue weighted by Crippen LogP contribution is -2.39. The largest absolute Gasteiger partial charge is 0.352 e. The van der Waals surface area contributed by atoms with Gasteiger partial charge in [0.25, 0.3) is 11.6 Å². The van der Waals surface area contributed by atoms with Crippen LogP contribution in [0.2, 0.25) is 0 Å². The molecule has 1 aliphatic heterocycles. The van der Waals surface area contributed by atoms with Crippen molar-refractivity contribution in [1.82, 2.24) is 24.8 Å². The molecule has 188 valence electrons. The molecule has 36 heavy (non-hydrogen) atoms. The van der Waals surface area contributed by atoms with Crippen molar-refractivity contribution in [1.29, 1.82) is 0 Å². The zero-order chi connectivity index (χ0) is 25.5. The molecule has 0 atom stereocenters. The zero-order valence-electron chi connectivity index (χ0n) is 20.3. The summed E-state index contributed by atoms with van der Waals surface area (Å²) in [7, 11) is 0. The van der Waals surface area contributed by atoms with Gasteiger partial charge in [0.05, 0.1) is 28.9 Å². The second kappa shape index (κ2) is 11.6. The second-order valence-corrected chi connectivity index (χ2v) is 9.05. The molecule has 0 saturated carbocycles. The molecule has 10 heteroatoms. The molecule has 0 radical (unpaired) electrons. The summed E-state index contributed by atoms with van der Waals surface area (Å²) in [5.74, 6) is -0.104. The predicted octanol–water partition coefficient (Wildman–Crippen LogP) is 3.26. The average molecular weight is 491 g/mol. The Balaban J connectivity index is 1.33. The van der Waals surface area contributed by atoms with Crippen LogP contribution >= 0.6 is 0 Å². The lowest BCUT2D eigenvalue weighted by atomic mass is 9.89. The maximum absolute atomic E-state index is 12.9. The third-order valence-corrected chi connectivity index (χ3v) is 6.46. The maximum Gasteiger partial charge on any atom is 0.269 e. The number of piperidine rings is 1. The van der Waals surface area contributed by atoms with Crippen LogP contribution in [0.25, 0.3) is 0 Å². The normalized spacial score (nSPS) is 14.0. The van der Waals surface area contributed by atoms with Crippen molar-refractivity contribution in [2.75, 3.05) is 19.6 Å². The van der Waals surface area contributed by atoms with Crippen molar-refractivity contribution in [3.8, 4) is 0 Å². The fraction of sp³-hybridized carbons (Fsp3) is 0.385. The van der Waals surface area contributed by atoms with Gasteiger partial charge in [-0.1, -0.05) is 12.1 Å². The number of aromatic nitrogens is 3. The van der Waals surface area contributed by atoms with Crippen molar-refractivity contribution >= 4 is 17.5 Å². The van der Waals surface area contributed by atoms with Gasteiger partial charge in [0, 0.05) is 62.3 Å². The van der Waals surface area contributed by atoms with E-state index in [-0.39, 0.29) is 29.8 Å². The lowest BCUT2D eigenvalue weighted by molar-refractivity contribution is -0.384. The Morgan fingerprint density at radius 2 is 2.00 bits per heavy atom. The molecule has 1 fully saturated rings. The Morgan fingerprint density at radius 1 is 1.19 bits per heavy atom. The summed E-state index contributed by atoms with van der Waals surface area (Å²) < 4.78 is 1.97. The molecule has 1 N–H and O–H groups in total. The number of hydrogen-bond acceptors (Lipinski definition) is 6. The highest BCUT2D eigenvalue weighted by atomic mass is 16.6. The summed E-state index contributed by atoms with van der Waals surface area (Å²) >= 11 is 0. The van der Waals surface area contributed by atoms with Gasteiger partial charge in [-0.3, -0.25) is 24.7 Å². The molecular weight excluding hydrogens is 460 g/mol.